The normalized spacial score (nSPS) is 9.75. The van der Waals surface area contributed by atoms with E-state index in [9.17, 15) is 4.79 Å². The van der Waals surface area contributed by atoms with Crippen LogP contribution < -0.4 is 11.1 Å². The van der Waals surface area contributed by atoms with Gasteiger partial charge in [0.2, 0.25) is 0 Å². The molecule has 2 rings (SSSR count). The first kappa shape index (κ1) is 13.4. The molecule has 20 heavy (non-hydrogen) atoms. The second-order valence-electron chi connectivity index (χ2n) is 4.27. The van der Waals surface area contributed by atoms with Crippen molar-refractivity contribution in [1.82, 2.24) is 0 Å². The molecule has 0 atom stereocenters. The van der Waals surface area contributed by atoms with Crippen molar-refractivity contribution in [2.45, 2.75) is 6.54 Å². The number of nitrogens with one attached hydrogen (secondary N) is 1. The maximum absolute atomic E-state index is 11.1. The fraction of sp³-hybridized carbons (Fsp3) is 0.0667. The number of carboxylic acids is 1. The number of anilines is 2. The minimum absolute atomic E-state index is 0.138. The summed E-state index contributed by atoms with van der Waals surface area (Å²) in [6.45, 7) is 0.468. The van der Waals surface area contributed by atoms with Gasteiger partial charge in [-0.1, -0.05) is 12.1 Å². The van der Waals surface area contributed by atoms with E-state index >= 15 is 0 Å². The van der Waals surface area contributed by atoms with E-state index in [0.717, 1.165) is 5.56 Å². The first-order chi connectivity index (χ1) is 9.60. The lowest BCUT2D eigenvalue weighted by atomic mass is 10.1. The second-order valence-corrected chi connectivity index (χ2v) is 4.27. The van der Waals surface area contributed by atoms with Crippen LogP contribution in [0.3, 0.4) is 0 Å². The predicted molar refractivity (Wildman–Crippen MR) is 76.3 cm³/mol. The molecule has 2 aromatic carbocycles. The van der Waals surface area contributed by atoms with Gasteiger partial charge in [0.25, 0.3) is 0 Å². The summed E-state index contributed by atoms with van der Waals surface area (Å²) in [7, 11) is 0. The summed E-state index contributed by atoms with van der Waals surface area (Å²) in [6.07, 6.45) is 0. The maximum Gasteiger partial charge on any atom is 0.337 e. The van der Waals surface area contributed by atoms with Gasteiger partial charge >= 0.3 is 5.97 Å². The third-order valence-corrected chi connectivity index (χ3v) is 2.84. The van der Waals surface area contributed by atoms with Crippen LogP contribution in [-0.2, 0) is 6.54 Å². The lowest BCUT2D eigenvalue weighted by Gasteiger charge is -2.10. The standard InChI is InChI=1S/C15H13N3O2/c16-8-10-1-3-11(4-2-10)9-18-14-6-5-12(17)7-13(14)15(19)20/h1-7,18H,9,17H2,(H,19,20). The van der Waals surface area contributed by atoms with E-state index in [1.165, 1.54) is 6.07 Å². The van der Waals surface area contributed by atoms with Gasteiger partial charge in [-0.2, -0.15) is 5.26 Å². The molecule has 0 aromatic heterocycles. The molecule has 0 heterocycles. The summed E-state index contributed by atoms with van der Waals surface area (Å²) in [5.74, 6) is -1.03. The van der Waals surface area contributed by atoms with Crippen LogP contribution in [0.1, 0.15) is 21.5 Å². The number of rotatable bonds is 4. The van der Waals surface area contributed by atoms with E-state index in [1.807, 2.05) is 18.2 Å². The van der Waals surface area contributed by atoms with E-state index in [4.69, 9.17) is 16.1 Å². The van der Waals surface area contributed by atoms with Crippen LogP contribution >= 0.6 is 0 Å². The van der Waals surface area contributed by atoms with Crippen LogP contribution in [0.15, 0.2) is 42.5 Å². The third kappa shape index (κ3) is 3.06. The molecule has 0 bridgehead atoms. The van der Waals surface area contributed by atoms with Crippen molar-refractivity contribution < 1.29 is 9.90 Å². The highest BCUT2D eigenvalue weighted by Gasteiger charge is 2.10. The first-order valence-corrected chi connectivity index (χ1v) is 5.96. The van der Waals surface area contributed by atoms with Gasteiger partial charge in [0.05, 0.1) is 17.2 Å². The van der Waals surface area contributed by atoms with Crippen molar-refractivity contribution in [3.05, 3.63) is 59.2 Å². The van der Waals surface area contributed by atoms with Crippen molar-refractivity contribution in [3.8, 4) is 6.07 Å². The fourth-order valence-corrected chi connectivity index (χ4v) is 1.79. The molecular weight excluding hydrogens is 254 g/mol. The number of carbonyl (C=O) groups is 1. The van der Waals surface area contributed by atoms with Gasteiger partial charge in [0.15, 0.2) is 0 Å². The Balaban J connectivity index is 2.14. The summed E-state index contributed by atoms with van der Waals surface area (Å²) in [5.41, 5.74) is 8.19. The van der Waals surface area contributed by atoms with Gasteiger partial charge < -0.3 is 16.2 Å². The summed E-state index contributed by atoms with van der Waals surface area (Å²) < 4.78 is 0. The number of nitrogens with two attached hydrogens (primary N) is 1. The summed E-state index contributed by atoms with van der Waals surface area (Å²) >= 11 is 0. The van der Waals surface area contributed by atoms with Gasteiger partial charge in [0, 0.05) is 17.9 Å². The zero-order valence-electron chi connectivity index (χ0n) is 10.6. The van der Waals surface area contributed by atoms with Gasteiger partial charge in [-0.15, -0.1) is 0 Å². The monoisotopic (exact) mass is 267 g/mol. The quantitative estimate of drug-likeness (QED) is 0.739. The minimum Gasteiger partial charge on any atom is -0.478 e. The molecular formula is C15H13N3O2. The molecule has 5 nitrogen and oxygen atoms in total. The average molecular weight is 267 g/mol. The summed E-state index contributed by atoms with van der Waals surface area (Å²) in [6, 6.07) is 13.8. The number of benzene rings is 2. The third-order valence-electron chi connectivity index (χ3n) is 2.84. The SMILES string of the molecule is N#Cc1ccc(CNc2ccc(N)cc2C(=O)O)cc1. The number of nitrogen functional groups attached to an aromatic ring is 1. The molecule has 0 saturated heterocycles. The fourth-order valence-electron chi connectivity index (χ4n) is 1.79. The number of carboxylic acid groups (broad SMARTS) is 1. The zero-order valence-corrected chi connectivity index (χ0v) is 10.6. The van der Waals surface area contributed by atoms with Crippen molar-refractivity contribution in [2.24, 2.45) is 0 Å². The van der Waals surface area contributed by atoms with E-state index in [1.54, 1.807) is 24.3 Å². The molecule has 0 saturated carbocycles. The zero-order chi connectivity index (χ0) is 14.5. The molecule has 4 N–H and O–H groups in total. The summed E-state index contributed by atoms with van der Waals surface area (Å²) in [5, 5.41) is 20.9. The van der Waals surface area contributed by atoms with Crippen LogP contribution in [0.4, 0.5) is 11.4 Å². The number of aromatic carboxylic acids is 1. The van der Waals surface area contributed by atoms with Crippen molar-refractivity contribution in [3.63, 3.8) is 0 Å². The van der Waals surface area contributed by atoms with Crippen LogP contribution in [0, 0.1) is 11.3 Å². The van der Waals surface area contributed by atoms with Crippen molar-refractivity contribution in [2.75, 3.05) is 11.1 Å². The van der Waals surface area contributed by atoms with Gasteiger partial charge in [-0.3, -0.25) is 0 Å². The average Bonchev–Trinajstić information content (AvgIpc) is 2.46. The predicted octanol–water partition coefficient (Wildman–Crippen LogP) is 2.45. The smallest absolute Gasteiger partial charge is 0.337 e. The molecule has 0 aliphatic heterocycles. The Morgan fingerprint density at radius 2 is 1.95 bits per heavy atom. The molecule has 0 unspecified atom stereocenters. The number of nitriles is 1. The molecule has 0 aliphatic rings. The molecule has 100 valence electrons. The molecule has 0 fully saturated rings. The van der Waals surface area contributed by atoms with Crippen LogP contribution in [0.5, 0.6) is 0 Å². The lowest BCUT2D eigenvalue weighted by molar-refractivity contribution is 0.0698. The van der Waals surface area contributed by atoms with E-state index < -0.39 is 5.97 Å². The Morgan fingerprint density at radius 3 is 2.55 bits per heavy atom. The summed E-state index contributed by atoms with van der Waals surface area (Å²) in [4.78, 5) is 11.1. The number of hydrogen-bond donors (Lipinski definition) is 3. The maximum atomic E-state index is 11.1. The number of nitrogens with zero attached hydrogens (tertiary/aromatic N) is 1. The van der Waals surface area contributed by atoms with Crippen LogP contribution in [0.2, 0.25) is 0 Å². The largest absolute Gasteiger partial charge is 0.478 e. The van der Waals surface area contributed by atoms with Crippen molar-refractivity contribution in [1.29, 1.82) is 5.26 Å². The van der Waals surface area contributed by atoms with Gasteiger partial charge in [-0.25, -0.2) is 4.79 Å². The minimum atomic E-state index is -1.03. The number of hydrogen-bond acceptors (Lipinski definition) is 4. The topological polar surface area (TPSA) is 99.1 Å². The van der Waals surface area contributed by atoms with Gasteiger partial charge in [-0.05, 0) is 35.9 Å². The van der Waals surface area contributed by atoms with Crippen LogP contribution in [0.25, 0.3) is 0 Å². The highest BCUT2D eigenvalue weighted by atomic mass is 16.4. The van der Waals surface area contributed by atoms with Crippen LogP contribution in [-0.4, -0.2) is 11.1 Å². The second kappa shape index (κ2) is 5.76. The highest BCUT2D eigenvalue weighted by Crippen LogP contribution is 2.19. The Labute approximate surface area is 116 Å². The van der Waals surface area contributed by atoms with Gasteiger partial charge in [0.1, 0.15) is 0 Å². The molecule has 2 aromatic rings. The van der Waals surface area contributed by atoms with Crippen molar-refractivity contribution >= 4 is 17.3 Å². The lowest BCUT2D eigenvalue weighted by Crippen LogP contribution is -2.07. The van der Waals surface area contributed by atoms with E-state index in [2.05, 4.69) is 5.32 Å². The molecule has 0 radical (unpaired) electrons. The molecule has 0 amide bonds. The highest BCUT2D eigenvalue weighted by molar-refractivity contribution is 5.95. The Bertz CT molecular complexity index is 673. The first-order valence-electron chi connectivity index (χ1n) is 5.96. The molecule has 5 heteroatoms. The Hall–Kier alpha value is -3.00. The van der Waals surface area contributed by atoms with E-state index in [0.29, 0.717) is 23.5 Å². The Kier molecular flexibility index (Phi) is 3.87. The van der Waals surface area contributed by atoms with E-state index in [-0.39, 0.29) is 5.56 Å². The Morgan fingerprint density at radius 1 is 1.25 bits per heavy atom. The molecule has 0 spiro atoms. The molecule has 0 aliphatic carbocycles.